The normalized spacial score (nSPS) is 22.0. The Labute approximate surface area is 129 Å². The van der Waals surface area contributed by atoms with Gasteiger partial charge in [0, 0.05) is 24.5 Å². The van der Waals surface area contributed by atoms with Crippen LogP contribution in [0.2, 0.25) is 5.02 Å². The Bertz CT molecular complexity index is 626. The first-order valence-electron chi connectivity index (χ1n) is 7.35. The minimum atomic E-state index is -0.282. The maximum atomic E-state index is 6.36. The van der Waals surface area contributed by atoms with Crippen molar-refractivity contribution in [3.8, 4) is 0 Å². The lowest BCUT2D eigenvalue weighted by atomic mass is 10.1. The standard InChI is InChI=1S/C16H21ClN2O2/c1-10(2)19-6-7-20-14(9-19)15(18)13-8-11-4-3-5-12(17)16(11)21-13/h3-5,8,10,14-15H,6-7,9,18H2,1-2H3. The van der Waals surface area contributed by atoms with Crippen molar-refractivity contribution in [2.75, 3.05) is 19.7 Å². The molecule has 0 aliphatic carbocycles. The maximum absolute atomic E-state index is 6.36. The average Bonchev–Trinajstić information content (AvgIpc) is 2.92. The van der Waals surface area contributed by atoms with Crippen molar-refractivity contribution < 1.29 is 9.15 Å². The van der Waals surface area contributed by atoms with Gasteiger partial charge in [0.05, 0.1) is 23.8 Å². The van der Waals surface area contributed by atoms with Crippen LogP contribution >= 0.6 is 11.6 Å². The number of ether oxygens (including phenoxy) is 1. The zero-order valence-electron chi connectivity index (χ0n) is 12.4. The summed E-state index contributed by atoms with van der Waals surface area (Å²) in [4.78, 5) is 2.38. The Morgan fingerprint density at radius 3 is 2.90 bits per heavy atom. The molecule has 0 bridgehead atoms. The number of nitrogens with zero attached hydrogens (tertiary/aromatic N) is 1. The van der Waals surface area contributed by atoms with Crippen molar-refractivity contribution in [1.82, 2.24) is 4.90 Å². The molecule has 1 fully saturated rings. The number of fused-ring (bicyclic) bond motifs is 1. The summed E-state index contributed by atoms with van der Waals surface area (Å²) in [5.41, 5.74) is 7.05. The molecule has 1 saturated heterocycles. The lowest BCUT2D eigenvalue weighted by Gasteiger charge is -2.37. The molecular weight excluding hydrogens is 288 g/mol. The first-order chi connectivity index (χ1) is 10.1. The molecule has 0 spiro atoms. The van der Waals surface area contributed by atoms with Crippen LogP contribution in [0.15, 0.2) is 28.7 Å². The Morgan fingerprint density at radius 2 is 2.19 bits per heavy atom. The van der Waals surface area contributed by atoms with Crippen LogP contribution in [0.4, 0.5) is 0 Å². The summed E-state index contributed by atoms with van der Waals surface area (Å²) in [5, 5.41) is 1.59. The average molecular weight is 309 g/mol. The number of para-hydroxylation sites is 1. The first kappa shape index (κ1) is 14.9. The molecule has 0 saturated carbocycles. The predicted octanol–water partition coefficient (Wildman–Crippen LogP) is 3.20. The minimum absolute atomic E-state index is 0.0551. The van der Waals surface area contributed by atoms with Gasteiger partial charge in [0.15, 0.2) is 5.58 Å². The number of hydrogen-bond acceptors (Lipinski definition) is 4. The minimum Gasteiger partial charge on any atom is -0.458 e. The van der Waals surface area contributed by atoms with Gasteiger partial charge in [0.1, 0.15) is 5.76 Å². The highest BCUT2D eigenvalue weighted by atomic mass is 35.5. The molecule has 1 aromatic carbocycles. The Hall–Kier alpha value is -1.07. The highest BCUT2D eigenvalue weighted by molar-refractivity contribution is 6.34. The van der Waals surface area contributed by atoms with Gasteiger partial charge in [-0.25, -0.2) is 0 Å². The number of rotatable bonds is 3. The Morgan fingerprint density at radius 1 is 1.38 bits per heavy atom. The quantitative estimate of drug-likeness (QED) is 0.946. The van der Waals surface area contributed by atoms with Crippen molar-refractivity contribution >= 4 is 22.6 Å². The SMILES string of the molecule is CC(C)N1CCOC(C(N)c2cc3cccc(Cl)c3o2)C1. The molecule has 2 aromatic rings. The van der Waals surface area contributed by atoms with Crippen LogP contribution in [0, 0.1) is 0 Å². The highest BCUT2D eigenvalue weighted by Gasteiger charge is 2.30. The van der Waals surface area contributed by atoms with Crippen molar-refractivity contribution in [3.05, 3.63) is 35.0 Å². The molecule has 0 amide bonds. The molecule has 3 rings (SSSR count). The topological polar surface area (TPSA) is 51.6 Å². The van der Waals surface area contributed by atoms with E-state index in [0.717, 1.165) is 24.2 Å². The second kappa shape index (κ2) is 5.97. The summed E-state index contributed by atoms with van der Waals surface area (Å²) >= 11 is 6.15. The molecule has 1 aromatic heterocycles. The van der Waals surface area contributed by atoms with E-state index in [-0.39, 0.29) is 12.1 Å². The van der Waals surface area contributed by atoms with Crippen molar-refractivity contribution in [3.63, 3.8) is 0 Å². The van der Waals surface area contributed by atoms with Gasteiger partial charge < -0.3 is 14.9 Å². The van der Waals surface area contributed by atoms with Crippen LogP contribution in [0.3, 0.4) is 0 Å². The molecular formula is C16H21ClN2O2. The fourth-order valence-corrected chi connectivity index (χ4v) is 3.00. The van der Waals surface area contributed by atoms with E-state index >= 15 is 0 Å². The Kier molecular flexibility index (Phi) is 4.22. The third-order valence-electron chi connectivity index (χ3n) is 4.10. The van der Waals surface area contributed by atoms with E-state index in [1.165, 1.54) is 0 Å². The molecule has 4 nitrogen and oxygen atoms in total. The van der Waals surface area contributed by atoms with Gasteiger partial charge in [-0.3, -0.25) is 4.90 Å². The summed E-state index contributed by atoms with van der Waals surface area (Å²) in [6.07, 6.45) is -0.0551. The van der Waals surface area contributed by atoms with Gasteiger partial charge in [0.2, 0.25) is 0 Å². The maximum Gasteiger partial charge on any atom is 0.152 e. The van der Waals surface area contributed by atoms with Crippen LogP contribution in [0.5, 0.6) is 0 Å². The lowest BCUT2D eigenvalue weighted by molar-refractivity contribution is -0.0527. The second-order valence-electron chi connectivity index (χ2n) is 5.83. The summed E-state index contributed by atoms with van der Waals surface area (Å²) in [7, 11) is 0. The summed E-state index contributed by atoms with van der Waals surface area (Å²) in [6.45, 7) is 6.86. The zero-order chi connectivity index (χ0) is 15.0. The van der Waals surface area contributed by atoms with E-state index in [1.54, 1.807) is 0 Å². The van der Waals surface area contributed by atoms with Gasteiger partial charge in [-0.2, -0.15) is 0 Å². The molecule has 0 radical (unpaired) electrons. The van der Waals surface area contributed by atoms with Crippen LogP contribution in [0.25, 0.3) is 11.0 Å². The lowest BCUT2D eigenvalue weighted by Crippen LogP contribution is -2.49. The fourth-order valence-electron chi connectivity index (χ4n) is 2.78. The smallest absolute Gasteiger partial charge is 0.152 e. The summed E-state index contributed by atoms with van der Waals surface area (Å²) in [5.74, 6) is 0.730. The number of halogens is 1. The molecule has 114 valence electrons. The zero-order valence-corrected chi connectivity index (χ0v) is 13.1. The van der Waals surface area contributed by atoms with E-state index in [9.17, 15) is 0 Å². The third-order valence-corrected chi connectivity index (χ3v) is 4.40. The second-order valence-corrected chi connectivity index (χ2v) is 6.24. The molecule has 21 heavy (non-hydrogen) atoms. The van der Waals surface area contributed by atoms with Gasteiger partial charge >= 0.3 is 0 Å². The van der Waals surface area contributed by atoms with Crippen molar-refractivity contribution in [2.24, 2.45) is 5.73 Å². The Balaban J connectivity index is 1.83. The highest BCUT2D eigenvalue weighted by Crippen LogP contribution is 2.31. The number of morpholine rings is 1. The molecule has 1 aliphatic heterocycles. The summed E-state index contributed by atoms with van der Waals surface area (Å²) in [6, 6.07) is 7.88. The number of hydrogen-bond donors (Lipinski definition) is 1. The van der Waals surface area contributed by atoms with E-state index in [1.807, 2.05) is 24.3 Å². The molecule has 2 N–H and O–H groups in total. The predicted molar refractivity (Wildman–Crippen MR) is 84.6 cm³/mol. The molecule has 2 atom stereocenters. The number of nitrogens with two attached hydrogens (primary N) is 1. The van der Waals surface area contributed by atoms with E-state index in [2.05, 4.69) is 18.7 Å². The van der Waals surface area contributed by atoms with Crippen LogP contribution < -0.4 is 5.73 Å². The fraction of sp³-hybridized carbons (Fsp3) is 0.500. The van der Waals surface area contributed by atoms with Crippen molar-refractivity contribution in [2.45, 2.75) is 32.0 Å². The van der Waals surface area contributed by atoms with Gasteiger partial charge in [-0.1, -0.05) is 23.7 Å². The summed E-state index contributed by atoms with van der Waals surface area (Å²) < 4.78 is 11.7. The molecule has 2 heterocycles. The first-order valence-corrected chi connectivity index (χ1v) is 7.73. The van der Waals surface area contributed by atoms with E-state index in [4.69, 9.17) is 26.5 Å². The van der Waals surface area contributed by atoms with Gasteiger partial charge in [0.25, 0.3) is 0 Å². The third kappa shape index (κ3) is 2.94. The van der Waals surface area contributed by atoms with Gasteiger partial charge in [-0.15, -0.1) is 0 Å². The molecule has 2 unspecified atom stereocenters. The van der Waals surface area contributed by atoms with Gasteiger partial charge in [-0.05, 0) is 26.0 Å². The van der Waals surface area contributed by atoms with E-state index < -0.39 is 0 Å². The monoisotopic (exact) mass is 308 g/mol. The van der Waals surface area contributed by atoms with Crippen LogP contribution in [-0.2, 0) is 4.74 Å². The molecule has 1 aliphatic rings. The van der Waals surface area contributed by atoms with Crippen LogP contribution in [0.1, 0.15) is 25.6 Å². The van der Waals surface area contributed by atoms with Crippen LogP contribution in [-0.4, -0.2) is 36.7 Å². The van der Waals surface area contributed by atoms with Crippen molar-refractivity contribution in [1.29, 1.82) is 0 Å². The molecule has 5 heteroatoms. The van der Waals surface area contributed by atoms with E-state index in [0.29, 0.717) is 23.3 Å². The number of benzene rings is 1. The number of furan rings is 1. The largest absolute Gasteiger partial charge is 0.458 e.